The summed E-state index contributed by atoms with van der Waals surface area (Å²) in [6.07, 6.45) is 0.858. The molecule has 8 nitrogen and oxygen atoms in total. The summed E-state index contributed by atoms with van der Waals surface area (Å²) >= 11 is 5.48. The van der Waals surface area contributed by atoms with Crippen LogP contribution in [0.1, 0.15) is 45.7 Å². The van der Waals surface area contributed by atoms with Gasteiger partial charge in [-0.2, -0.15) is 0 Å². The van der Waals surface area contributed by atoms with Crippen LogP contribution in [0.5, 0.6) is 11.5 Å². The molecule has 0 radical (unpaired) electrons. The zero-order chi connectivity index (χ0) is 21.0. The highest BCUT2D eigenvalue weighted by Gasteiger charge is 2.34. The lowest BCUT2D eigenvalue weighted by atomic mass is 9.91. The Balaban J connectivity index is 2.68. The van der Waals surface area contributed by atoms with Gasteiger partial charge in [-0.05, 0) is 51.0 Å². The first-order valence-electron chi connectivity index (χ1n) is 9.05. The van der Waals surface area contributed by atoms with E-state index >= 15 is 0 Å². The van der Waals surface area contributed by atoms with Crippen molar-refractivity contribution in [3.63, 3.8) is 0 Å². The second kappa shape index (κ2) is 9.01. The first-order chi connectivity index (χ1) is 13.3. The van der Waals surface area contributed by atoms with Crippen molar-refractivity contribution < 1.29 is 19.2 Å². The highest BCUT2D eigenvalue weighted by molar-refractivity contribution is 7.80. The SMILES string of the molecule is CCCN1C(=S)NC(c2cc(OC)c(OCC)c([N+](=O)[O-])c2)C(C(C)=O)=C1C. The molecule has 28 heavy (non-hydrogen) atoms. The fraction of sp³-hybridized carbons (Fsp3) is 0.474. The molecule has 0 aliphatic carbocycles. The number of nitro benzene ring substituents is 1. The van der Waals surface area contributed by atoms with Crippen LogP contribution in [-0.4, -0.2) is 41.0 Å². The van der Waals surface area contributed by atoms with Crippen LogP contribution >= 0.6 is 12.2 Å². The average Bonchev–Trinajstić information content (AvgIpc) is 2.64. The predicted octanol–water partition coefficient (Wildman–Crippen LogP) is 3.51. The molecule has 1 atom stereocenters. The third-order valence-corrected chi connectivity index (χ3v) is 4.86. The molecule has 1 aromatic rings. The molecule has 1 unspecified atom stereocenters. The molecule has 0 spiro atoms. The number of nitro groups is 1. The van der Waals surface area contributed by atoms with Gasteiger partial charge in [0.2, 0.25) is 5.75 Å². The van der Waals surface area contributed by atoms with E-state index in [2.05, 4.69) is 5.32 Å². The van der Waals surface area contributed by atoms with Crippen molar-refractivity contribution in [1.29, 1.82) is 0 Å². The molecule has 1 aliphatic heterocycles. The van der Waals surface area contributed by atoms with E-state index < -0.39 is 11.0 Å². The lowest BCUT2D eigenvalue weighted by Crippen LogP contribution is -2.47. The Labute approximate surface area is 169 Å². The molecule has 9 heteroatoms. The fourth-order valence-corrected chi connectivity index (χ4v) is 3.68. The van der Waals surface area contributed by atoms with E-state index in [9.17, 15) is 14.9 Å². The van der Waals surface area contributed by atoms with Gasteiger partial charge in [-0.1, -0.05) is 6.92 Å². The van der Waals surface area contributed by atoms with Crippen LogP contribution in [-0.2, 0) is 4.79 Å². The smallest absolute Gasteiger partial charge is 0.315 e. The lowest BCUT2D eigenvalue weighted by molar-refractivity contribution is -0.386. The summed E-state index contributed by atoms with van der Waals surface area (Å²) < 4.78 is 10.8. The average molecular weight is 407 g/mol. The van der Waals surface area contributed by atoms with Gasteiger partial charge in [0, 0.05) is 23.9 Å². The number of Topliss-reactive ketones (excluding diaryl/α,β-unsaturated/α-hetero) is 1. The number of rotatable bonds is 8. The third-order valence-electron chi connectivity index (χ3n) is 4.52. The number of nitrogens with one attached hydrogen (secondary N) is 1. The number of ether oxygens (including phenoxy) is 2. The molecule has 1 aliphatic rings. The Morgan fingerprint density at radius 3 is 2.57 bits per heavy atom. The van der Waals surface area contributed by atoms with Crippen molar-refractivity contribution in [3.05, 3.63) is 39.1 Å². The predicted molar refractivity (Wildman–Crippen MR) is 110 cm³/mol. The van der Waals surface area contributed by atoms with Gasteiger partial charge in [0.25, 0.3) is 0 Å². The zero-order valence-corrected chi connectivity index (χ0v) is 17.5. The standard InChI is InChI=1S/C19H25N3O5S/c1-6-8-21-11(3)16(12(4)23)17(20-19(21)28)13-9-14(22(24)25)18(27-7-2)15(10-13)26-5/h9-10,17H,6-8H2,1-5H3,(H,20,28). The minimum absolute atomic E-state index is 0.0647. The van der Waals surface area contributed by atoms with E-state index in [0.29, 0.717) is 22.8 Å². The van der Waals surface area contributed by atoms with E-state index in [1.807, 2.05) is 18.7 Å². The molecular weight excluding hydrogens is 382 g/mol. The minimum Gasteiger partial charge on any atom is -0.493 e. The molecule has 0 bridgehead atoms. The van der Waals surface area contributed by atoms with E-state index in [1.54, 1.807) is 13.0 Å². The molecule has 1 aromatic carbocycles. The fourth-order valence-electron chi connectivity index (χ4n) is 3.33. The summed E-state index contributed by atoms with van der Waals surface area (Å²) in [6.45, 7) is 8.01. The van der Waals surface area contributed by atoms with Crippen molar-refractivity contribution >= 4 is 28.8 Å². The van der Waals surface area contributed by atoms with Crippen molar-refractivity contribution in [2.24, 2.45) is 0 Å². The van der Waals surface area contributed by atoms with E-state index in [-0.39, 0.29) is 29.6 Å². The molecule has 1 N–H and O–H groups in total. The van der Waals surface area contributed by atoms with Crippen LogP contribution in [0.4, 0.5) is 5.69 Å². The van der Waals surface area contributed by atoms with Crippen LogP contribution in [0.25, 0.3) is 0 Å². The lowest BCUT2D eigenvalue weighted by Gasteiger charge is -2.37. The molecule has 0 amide bonds. The largest absolute Gasteiger partial charge is 0.493 e. The van der Waals surface area contributed by atoms with Gasteiger partial charge in [-0.3, -0.25) is 14.9 Å². The first kappa shape index (κ1) is 21.6. The zero-order valence-electron chi connectivity index (χ0n) is 16.7. The third kappa shape index (κ3) is 4.09. The maximum absolute atomic E-state index is 12.4. The van der Waals surface area contributed by atoms with Crippen LogP contribution in [0, 0.1) is 10.1 Å². The van der Waals surface area contributed by atoms with Crippen molar-refractivity contribution in [1.82, 2.24) is 10.2 Å². The molecule has 0 fully saturated rings. The van der Waals surface area contributed by atoms with Crippen LogP contribution in [0.2, 0.25) is 0 Å². The summed E-state index contributed by atoms with van der Waals surface area (Å²) in [7, 11) is 1.42. The Hall–Kier alpha value is -2.68. The second-order valence-electron chi connectivity index (χ2n) is 6.35. The molecule has 152 valence electrons. The summed E-state index contributed by atoms with van der Waals surface area (Å²) in [5.74, 6) is 0.166. The Morgan fingerprint density at radius 2 is 2.07 bits per heavy atom. The summed E-state index contributed by atoms with van der Waals surface area (Å²) in [5.41, 5.74) is 1.55. The first-order valence-corrected chi connectivity index (χ1v) is 9.46. The molecule has 0 aromatic heterocycles. The van der Waals surface area contributed by atoms with E-state index in [1.165, 1.54) is 20.1 Å². The minimum atomic E-state index is -0.610. The van der Waals surface area contributed by atoms with Crippen molar-refractivity contribution in [2.45, 2.75) is 40.2 Å². The molecule has 0 saturated carbocycles. The summed E-state index contributed by atoms with van der Waals surface area (Å²) in [4.78, 5) is 25.4. The number of carbonyl (C=O) groups is 1. The molecule has 0 saturated heterocycles. The van der Waals surface area contributed by atoms with Crippen LogP contribution < -0.4 is 14.8 Å². The summed E-state index contributed by atoms with van der Waals surface area (Å²) in [5, 5.41) is 15.3. The highest BCUT2D eigenvalue weighted by atomic mass is 32.1. The quantitative estimate of drug-likeness (QED) is 0.397. The van der Waals surface area contributed by atoms with Gasteiger partial charge in [0.1, 0.15) is 0 Å². The van der Waals surface area contributed by atoms with Gasteiger partial charge in [-0.15, -0.1) is 0 Å². The number of carbonyl (C=O) groups excluding carboxylic acids is 1. The normalized spacial score (nSPS) is 16.7. The second-order valence-corrected chi connectivity index (χ2v) is 6.74. The van der Waals surface area contributed by atoms with Gasteiger partial charge >= 0.3 is 5.69 Å². The summed E-state index contributed by atoms with van der Waals surface area (Å²) in [6, 6.07) is 2.44. The number of thiocarbonyl (C=S) groups is 1. The Bertz CT molecular complexity index is 837. The van der Waals surface area contributed by atoms with Gasteiger partial charge in [0.05, 0.1) is 24.7 Å². The van der Waals surface area contributed by atoms with Crippen molar-refractivity contribution in [3.8, 4) is 11.5 Å². The molecule has 1 heterocycles. The molecular formula is C19H25N3O5S. The van der Waals surface area contributed by atoms with Gasteiger partial charge < -0.3 is 19.7 Å². The number of benzene rings is 1. The Morgan fingerprint density at radius 1 is 1.39 bits per heavy atom. The van der Waals surface area contributed by atoms with Gasteiger partial charge in [-0.25, -0.2) is 0 Å². The number of methoxy groups -OCH3 is 1. The molecule has 2 rings (SSSR count). The number of hydrogen-bond acceptors (Lipinski definition) is 6. The maximum atomic E-state index is 12.4. The van der Waals surface area contributed by atoms with E-state index in [4.69, 9.17) is 21.7 Å². The monoisotopic (exact) mass is 407 g/mol. The number of nitrogens with zero attached hydrogens (tertiary/aromatic N) is 2. The topological polar surface area (TPSA) is 93.9 Å². The number of ketones is 1. The number of allylic oxidation sites excluding steroid dienone is 1. The van der Waals surface area contributed by atoms with Crippen molar-refractivity contribution in [2.75, 3.05) is 20.3 Å². The maximum Gasteiger partial charge on any atom is 0.315 e. The van der Waals surface area contributed by atoms with Crippen LogP contribution in [0.3, 0.4) is 0 Å². The van der Waals surface area contributed by atoms with Gasteiger partial charge in [0.15, 0.2) is 16.6 Å². The highest BCUT2D eigenvalue weighted by Crippen LogP contribution is 2.42. The number of hydrogen-bond donors (Lipinski definition) is 1. The van der Waals surface area contributed by atoms with E-state index in [0.717, 1.165) is 12.1 Å². The van der Waals surface area contributed by atoms with Crippen LogP contribution in [0.15, 0.2) is 23.4 Å². The Kier molecular flexibility index (Phi) is 6.95.